The van der Waals surface area contributed by atoms with Crippen molar-refractivity contribution in [3.8, 4) is 0 Å². The van der Waals surface area contributed by atoms with Crippen molar-refractivity contribution in [2.75, 3.05) is 20.1 Å². The largest absolute Gasteiger partial charge is 0.353 e. The molecular weight excluding hydrogens is 273 g/mol. The van der Waals surface area contributed by atoms with Crippen LogP contribution in [0.4, 0.5) is 4.39 Å². The Morgan fingerprint density at radius 1 is 1.14 bits per heavy atom. The van der Waals surface area contributed by atoms with Gasteiger partial charge in [-0.2, -0.15) is 0 Å². The molecule has 0 saturated carbocycles. The summed E-state index contributed by atoms with van der Waals surface area (Å²) in [5.41, 5.74) is 0.324. The normalized spacial score (nSPS) is 12.0. The van der Waals surface area contributed by atoms with Gasteiger partial charge in [0.1, 0.15) is 11.9 Å². The molecule has 6 heteroatoms. The van der Waals surface area contributed by atoms with E-state index in [2.05, 4.69) is 16.0 Å². The summed E-state index contributed by atoms with van der Waals surface area (Å²) in [6, 6.07) is 4.58. The Morgan fingerprint density at radius 2 is 1.76 bits per heavy atom. The molecule has 1 aromatic carbocycles. The zero-order chi connectivity index (χ0) is 15.8. The summed E-state index contributed by atoms with van der Waals surface area (Å²) >= 11 is 0. The number of benzene rings is 1. The third kappa shape index (κ3) is 5.51. The van der Waals surface area contributed by atoms with Crippen molar-refractivity contribution in [2.24, 2.45) is 5.92 Å². The van der Waals surface area contributed by atoms with Crippen molar-refractivity contribution in [3.05, 3.63) is 35.6 Å². The number of carbonyl (C=O) groups is 2. The van der Waals surface area contributed by atoms with Crippen molar-refractivity contribution in [2.45, 2.75) is 19.9 Å². The molecule has 0 saturated heterocycles. The van der Waals surface area contributed by atoms with E-state index in [4.69, 9.17) is 0 Å². The molecule has 0 radical (unpaired) electrons. The number of nitrogens with one attached hydrogen (secondary N) is 3. The van der Waals surface area contributed by atoms with Crippen LogP contribution in [0, 0.1) is 11.7 Å². The van der Waals surface area contributed by atoms with Gasteiger partial charge in [-0.25, -0.2) is 4.39 Å². The second kappa shape index (κ2) is 8.36. The molecular formula is C15H22FN3O2. The van der Waals surface area contributed by atoms with Crippen LogP contribution in [0.15, 0.2) is 24.3 Å². The highest BCUT2D eigenvalue weighted by molar-refractivity contribution is 5.97. The Morgan fingerprint density at radius 3 is 2.29 bits per heavy atom. The van der Waals surface area contributed by atoms with Crippen LogP contribution < -0.4 is 16.0 Å². The Labute approximate surface area is 124 Å². The predicted octanol–water partition coefficient (Wildman–Crippen LogP) is 0.916. The third-order valence-corrected chi connectivity index (χ3v) is 3.02. The fourth-order valence-electron chi connectivity index (χ4n) is 1.78. The number of likely N-dealkylation sites (N-methyl/N-ethyl adjacent to an activating group) is 1. The molecule has 5 nitrogen and oxygen atoms in total. The molecule has 0 aliphatic carbocycles. The summed E-state index contributed by atoms with van der Waals surface area (Å²) in [5, 5.41) is 8.37. The minimum Gasteiger partial charge on any atom is -0.353 e. The fraction of sp³-hybridized carbons (Fsp3) is 0.467. The maximum atomic E-state index is 12.8. The zero-order valence-corrected chi connectivity index (χ0v) is 12.6. The first-order chi connectivity index (χ1) is 9.95. The summed E-state index contributed by atoms with van der Waals surface area (Å²) in [7, 11) is 1.79. The summed E-state index contributed by atoms with van der Waals surface area (Å²) < 4.78 is 12.8. The maximum Gasteiger partial charge on any atom is 0.251 e. The molecule has 1 rings (SSSR count). The first kappa shape index (κ1) is 17.1. The van der Waals surface area contributed by atoms with Crippen LogP contribution in [-0.4, -0.2) is 38.0 Å². The number of carbonyl (C=O) groups excluding carboxylic acids is 2. The number of rotatable bonds is 7. The van der Waals surface area contributed by atoms with Gasteiger partial charge in [-0.05, 0) is 37.2 Å². The van der Waals surface area contributed by atoms with Crippen molar-refractivity contribution >= 4 is 11.8 Å². The third-order valence-electron chi connectivity index (χ3n) is 3.02. The van der Waals surface area contributed by atoms with Crippen molar-refractivity contribution < 1.29 is 14.0 Å². The summed E-state index contributed by atoms with van der Waals surface area (Å²) in [6.45, 7) is 4.86. The second-order valence-electron chi connectivity index (χ2n) is 5.10. The van der Waals surface area contributed by atoms with E-state index in [0.29, 0.717) is 18.7 Å². The molecule has 3 N–H and O–H groups in total. The van der Waals surface area contributed by atoms with Gasteiger partial charge in [0.2, 0.25) is 5.91 Å². The molecule has 0 aliphatic rings. The smallest absolute Gasteiger partial charge is 0.251 e. The lowest BCUT2D eigenvalue weighted by Crippen LogP contribution is -2.50. The number of hydrogen-bond acceptors (Lipinski definition) is 3. The molecule has 21 heavy (non-hydrogen) atoms. The van der Waals surface area contributed by atoms with Gasteiger partial charge in [-0.15, -0.1) is 0 Å². The van der Waals surface area contributed by atoms with Crippen LogP contribution in [-0.2, 0) is 4.79 Å². The van der Waals surface area contributed by atoms with Crippen LogP contribution in [0.2, 0.25) is 0 Å². The monoisotopic (exact) mass is 295 g/mol. The first-order valence-corrected chi connectivity index (χ1v) is 6.94. The zero-order valence-electron chi connectivity index (χ0n) is 12.6. The Balaban J connectivity index is 2.67. The fourth-order valence-corrected chi connectivity index (χ4v) is 1.78. The predicted molar refractivity (Wildman–Crippen MR) is 79.4 cm³/mol. The Kier molecular flexibility index (Phi) is 6.81. The quantitative estimate of drug-likeness (QED) is 0.655. The van der Waals surface area contributed by atoms with E-state index in [1.807, 2.05) is 13.8 Å². The van der Waals surface area contributed by atoms with Crippen LogP contribution in [0.3, 0.4) is 0 Å². The molecule has 0 heterocycles. The van der Waals surface area contributed by atoms with Crippen LogP contribution in [0.25, 0.3) is 0 Å². The lowest BCUT2D eigenvalue weighted by molar-refractivity contribution is -0.123. The summed E-state index contributed by atoms with van der Waals surface area (Å²) in [4.78, 5) is 24.1. The number of amides is 2. The van der Waals surface area contributed by atoms with Crippen molar-refractivity contribution in [3.63, 3.8) is 0 Å². The standard InChI is InChI=1S/C15H22FN3O2/c1-10(2)13(15(21)18-9-8-17-3)19-14(20)11-4-6-12(16)7-5-11/h4-7,10,13,17H,8-9H2,1-3H3,(H,18,21)(H,19,20). The van der Waals surface area contributed by atoms with Crippen molar-refractivity contribution in [1.82, 2.24) is 16.0 Å². The van der Waals surface area contributed by atoms with Gasteiger partial charge in [0.05, 0.1) is 0 Å². The Hall–Kier alpha value is -1.95. The molecule has 2 amide bonds. The minimum absolute atomic E-state index is 0.0519. The van der Waals surface area contributed by atoms with Gasteiger partial charge in [-0.3, -0.25) is 9.59 Å². The lowest BCUT2D eigenvalue weighted by Gasteiger charge is -2.21. The average Bonchev–Trinajstić information content (AvgIpc) is 2.45. The molecule has 1 atom stereocenters. The van der Waals surface area contributed by atoms with Gasteiger partial charge in [0.25, 0.3) is 5.91 Å². The van der Waals surface area contributed by atoms with Gasteiger partial charge in [0.15, 0.2) is 0 Å². The van der Waals surface area contributed by atoms with E-state index in [-0.39, 0.29) is 11.8 Å². The van der Waals surface area contributed by atoms with Crippen LogP contribution >= 0.6 is 0 Å². The SMILES string of the molecule is CNCCNC(=O)C(NC(=O)c1ccc(F)cc1)C(C)C. The topological polar surface area (TPSA) is 70.2 Å². The second-order valence-corrected chi connectivity index (χ2v) is 5.10. The van der Waals surface area contributed by atoms with Crippen LogP contribution in [0.5, 0.6) is 0 Å². The van der Waals surface area contributed by atoms with E-state index in [9.17, 15) is 14.0 Å². The van der Waals surface area contributed by atoms with E-state index < -0.39 is 17.8 Å². The molecule has 1 aromatic rings. The summed E-state index contributed by atoms with van der Waals surface area (Å²) in [6.07, 6.45) is 0. The molecule has 1 unspecified atom stereocenters. The minimum atomic E-state index is -0.626. The van der Waals surface area contributed by atoms with Gasteiger partial charge in [-0.1, -0.05) is 13.8 Å². The molecule has 0 spiro atoms. The van der Waals surface area contributed by atoms with Gasteiger partial charge in [0, 0.05) is 18.7 Å². The first-order valence-electron chi connectivity index (χ1n) is 6.94. The lowest BCUT2D eigenvalue weighted by atomic mass is 10.0. The summed E-state index contributed by atoms with van der Waals surface area (Å²) in [5.74, 6) is -1.08. The number of halogens is 1. The molecule has 0 aromatic heterocycles. The molecule has 116 valence electrons. The van der Waals surface area contributed by atoms with E-state index in [0.717, 1.165) is 0 Å². The van der Waals surface area contributed by atoms with Crippen LogP contribution in [0.1, 0.15) is 24.2 Å². The molecule has 0 fully saturated rings. The maximum absolute atomic E-state index is 12.8. The average molecular weight is 295 g/mol. The van der Waals surface area contributed by atoms with Crippen molar-refractivity contribution in [1.29, 1.82) is 0 Å². The molecule has 0 bridgehead atoms. The number of hydrogen-bond donors (Lipinski definition) is 3. The Bertz CT molecular complexity index is 474. The van der Waals surface area contributed by atoms with E-state index >= 15 is 0 Å². The van der Waals surface area contributed by atoms with Gasteiger partial charge < -0.3 is 16.0 Å². The highest BCUT2D eigenvalue weighted by Gasteiger charge is 2.24. The van der Waals surface area contributed by atoms with E-state index in [1.165, 1.54) is 24.3 Å². The highest BCUT2D eigenvalue weighted by atomic mass is 19.1. The highest BCUT2D eigenvalue weighted by Crippen LogP contribution is 2.06. The molecule has 0 aliphatic heterocycles. The van der Waals surface area contributed by atoms with E-state index in [1.54, 1.807) is 7.05 Å². The van der Waals surface area contributed by atoms with Gasteiger partial charge >= 0.3 is 0 Å².